The molecule has 0 radical (unpaired) electrons. The first kappa shape index (κ1) is 15.1. The summed E-state index contributed by atoms with van der Waals surface area (Å²) in [5, 5.41) is 28.9. The van der Waals surface area contributed by atoms with Gasteiger partial charge in [-0.05, 0) is 48.4 Å². The van der Waals surface area contributed by atoms with Gasteiger partial charge in [-0.2, -0.15) is 0 Å². The molecule has 2 aliphatic rings. The molecule has 2 aromatic carbocycles. The van der Waals surface area contributed by atoms with Crippen LogP contribution in [0.4, 0.5) is 0 Å². The summed E-state index contributed by atoms with van der Waals surface area (Å²) in [6, 6.07) is 7.56. The van der Waals surface area contributed by atoms with Gasteiger partial charge in [0.05, 0.1) is 11.8 Å². The van der Waals surface area contributed by atoms with E-state index in [1.54, 1.807) is 30.5 Å². The number of fused-ring (bicyclic) bond motifs is 2. The fraction of sp³-hybridized carbons (Fsp3) is 0.105. The Labute approximate surface area is 142 Å². The van der Waals surface area contributed by atoms with Gasteiger partial charge in [-0.3, -0.25) is 4.79 Å². The Balaban J connectivity index is 1.53. The van der Waals surface area contributed by atoms with Gasteiger partial charge in [0, 0.05) is 12.0 Å². The van der Waals surface area contributed by atoms with Crippen molar-refractivity contribution in [2.75, 3.05) is 0 Å². The van der Waals surface area contributed by atoms with Gasteiger partial charge in [0.1, 0.15) is 11.5 Å². The van der Waals surface area contributed by atoms with Crippen LogP contribution >= 0.6 is 0 Å². The zero-order chi connectivity index (χ0) is 17.6. The number of hydrogen-bond donors (Lipinski definition) is 3. The van der Waals surface area contributed by atoms with E-state index >= 15 is 0 Å². The Morgan fingerprint density at radius 2 is 1.96 bits per heavy atom. The van der Waals surface area contributed by atoms with Crippen molar-refractivity contribution >= 4 is 5.78 Å². The first-order chi connectivity index (χ1) is 12.0. The van der Waals surface area contributed by atoms with Gasteiger partial charge in [0.15, 0.2) is 17.3 Å². The van der Waals surface area contributed by atoms with E-state index in [2.05, 4.69) is 0 Å². The molecule has 0 aromatic heterocycles. The number of carbonyl (C=O) groups is 1. The van der Waals surface area contributed by atoms with Crippen molar-refractivity contribution < 1.29 is 29.6 Å². The van der Waals surface area contributed by atoms with Crippen molar-refractivity contribution in [2.45, 2.75) is 12.8 Å². The van der Waals surface area contributed by atoms with Crippen LogP contribution in [-0.4, -0.2) is 21.1 Å². The van der Waals surface area contributed by atoms with Gasteiger partial charge in [0.2, 0.25) is 11.5 Å². The number of carbonyl (C=O) groups excluding carboxylic acids is 1. The van der Waals surface area contributed by atoms with E-state index < -0.39 is 5.75 Å². The third kappa shape index (κ3) is 2.57. The standard InChI is InChI=1S/C19H14O6/c20-12-2-6-15-11(8-12)7-10(9-24-15)1-5-16-17(22)13-3-4-14(21)18(23)19(13)25-16/h2-6,8-9,20-21,23H,1,7H2. The van der Waals surface area contributed by atoms with E-state index in [0.29, 0.717) is 18.6 Å². The lowest BCUT2D eigenvalue weighted by Gasteiger charge is -2.16. The molecule has 6 heteroatoms. The van der Waals surface area contributed by atoms with Crippen LogP contribution in [0.2, 0.25) is 0 Å². The average Bonchev–Trinajstić information content (AvgIpc) is 2.92. The number of allylic oxidation sites excluding steroid dienone is 3. The molecule has 2 heterocycles. The molecule has 126 valence electrons. The van der Waals surface area contributed by atoms with Gasteiger partial charge in [-0.15, -0.1) is 0 Å². The Morgan fingerprint density at radius 3 is 2.80 bits per heavy atom. The molecule has 0 fully saturated rings. The molecule has 0 spiro atoms. The molecule has 0 saturated carbocycles. The zero-order valence-electron chi connectivity index (χ0n) is 13.0. The molecular weight excluding hydrogens is 324 g/mol. The molecule has 0 saturated heterocycles. The summed E-state index contributed by atoms with van der Waals surface area (Å²) in [7, 11) is 0. The van der Waals surface area contributed by atoms with Gasteiger partial charge >= 0.3 is 0 Å². The van der Waals surface area contributed by atoms with Crippen LogP contribution in [0.3, 0.4) is 0 Å². The maximum absolute atomic E-state index is 12.3. The number of phenolic OH excluding ortho intramolecular Hbond substituents is 3. The number of phenols is 3. The molecular formula is C19H14O6. The number of benzene rings is 2. The number of hydrogen-bond acceptors (Lipinski definition) is 6. The molecule has 6 nitrogen and oxygen atoms in total. The summed E-state index contributed by atoms with van der Waals surface area (Å²) in [5.74, 6) is -0.205. The van der Waals surface area contributed by atoms with Crippen molar-refractivity contribution in [3.05, 3.63) is 65.1 Å². The Morgan fingerprint density at radius 1 is 1.12 bits per heavy atom. The molecule has 25 heavy (non-hydrogen) atoms. The molecule has 0 atom stereocenters. The second-order valence-electron chi connectivity index (χ2n) is 5.88. The topological polar surface area (TPSA) is 96.2 Å². The first-order valence-corrected chi connectivity index (χ1v) is 7.67. The monoisotopic (exact) mass is 338 g/mol. The van der Waals surface area contributed by atoms with Crippen LogP contribution < -0.4 is 9.47 Å². The maximum atomic E-state index is 12.3. The predicted octanol–water partition coefficient (Wildman–Crippen LogP) is 3.17. The third-order valence-electron chi connectivity index (χ3n) is 4.15. The Hall–Kier alpha value is -3.41. The second kappa shape index (κ2) is 5.59. The number of rotatable bonds is 2. The second-order valence-corrected chi connectivity index (χ2v) is 5.88. The summed E-state index contributed by atoms with van der Waals surface area (Å²) < 4.78 is 10.9. The molecule has 4 rings (SSSR count). The van der Waals surface area contributed by atoms with Crippen LogP contribution in [0.1, 0.15) is 22.3 Å². The van der Waals surface area contributed by atoms with Crippen molar-refractivity contribution in [3.8, 4) is 28.7 Å². The number of aromatic hydroxyl groups is 3. The lowest BCUT2D eigenvalue weighted by molar-refractivity contribution is 0.101. The van der Waals surface area contributed by atoms with Crippen molar-refractivity contribution in [1.82, 2.24) is 0 Å². The molecule has 0 bridgehead atoms. The fourth-order valence-corrected chi connectivity index (χ4v) is 2.86. The lowest BCUT2D eigenvalue weighted by Crippen LogP contribution is -2.04. The van der Waals surface area contributed by atoms with Crippen LogP contribution in [-0.2, 0) is 6.42 Å². The van der Waals surface area contributed by atoms with Crippen molar-refractivity contribution in [2.24, 2.45) is 0 Å². The Kier molecular flexibility index (Phi) is 3.39. The van der Waals surface area contributed by atoms with Gasteiger partial charge in [-0.25, -0.2) is 0 Å². The van der Waals surface area contributed by atoms with E-state index in [0.717, 1.165) is 11.1 Å². The quantitative estimate of drug-likeness (QED) is 0.575. The SMILES string of the molecule is O=C1C(=CCC2=COc3ccc(O)cc3C2)Oc2c1ccc(O)c2O. The van der Waals surface area contributed by atoms with E-state index in [-0.39, 0.29) is 34.4 Å². The molecule has 2 aromatic rings. The third-order valence-corrected chi connectivity index (χ3v) is 4.15. The molecule has 2 aliphatic heterocycles. The number of ether oxygens (including phenoxy) is 2. The molecule has 0 amide bonds. The first-order valence-electron chi connectivity index (χ1n) is 7.67. The number of ketones is 1. The van der Waals surface area contributed by atoms with Crippen molar-refractivity contribution in [1.29, 1.82) is 0 Å². The summed E-state index contributed by atoms with van der Waals surface area (Å²) in [4.78, 5) is 12.3. The van der Waals surface area contributed by atoms with Crippen molar-refractivity contribution in [3.63, 3.8) is 0 Å². The highest BCUT2D eigenvalue weighted by molar-refractivity contribution is 6.13. The fourth-order valence-electron chi connectivity index (χ4n) is 2.86. The van der Waals surface area contributed by atoms with Gasteiger partial charge < -0.3 is 24.8 Å². The Bertz CT molecular complexity index is 955. The van der Waals surface area contributed by atoms with Crippen LogP contribution in [0, 0.1) is 0 Å². The highest BCUT2D eigenvalue weighted by atomic mass is 16.5. The maximum Gasteiger partial charge on any atom is 0.231 e. The molecule has 0 unspecified atom stereocenters. The van der Waals surface area contributed by atoms with Crippen LogP contribution in [0.15, 0.2) is 54.0 Å². The minimum Gasteiger partial charge on any atom is -0.508 e. The smallest absolute Gasteiger partial charge is 0.231 e. The minimum absolute atomic E-state index is 0.0274. The highest BCUT2D eigenvalue weighted by Crippen LogP contribution is 2.44. The lowest BCUT2D eigenvalue weighted by atomic mass is 10.00. The number of Topliss-reactive ketones (excluding diaryl/α,β-unsaturated/α-hetero) is 1. The average molecular weight is 338 g/mol. The van der Waals surface area contributed by atoms with Crippen LogP contribution in [0.5, 0.6) is 28.7 Å². The summed E-state index contributed by atoms with van der Waals surface area (Å²) in [6.45, 7) is 0. The van der Waals surface area contributed by atoms with E-state index in [1.807, 2.05) is 0 Å². The minimum atomic E-state index is -0.445. The predicted molar refractivity (Wildman–Crippen MR) is 88.0 cm³/mol. The summed E-state index contributed by atoms with van der Waals surface area (Å²) in [5.41, 5.74) is 1.98. The molecule has 0 aliphatic carbocycles. The van der Waals surface area contributed by atoms with E-state index in [4.69, 9.17) is 9.47 Å². The summed E-state index contributed by atoms with van der Waals surface area (Å²) >= 11 is 0. The van der Waals surface area contributed by atoms with E-state index in [9.17, 15) is 20.1 Å². The summed E-state index contributed by atoms with van der Waals surface area (Å²) in [6.07, 6.45) is 4.23. The normalized spacial score (nSPS) is 16.7. The van der Waals surface area contributed by atoms with E-state index in [1.165, 1.54) is 12.1 Å². The van der Waals surface area contributed by atoms with Crippen LogP contribution in [0.25, 0.3) is 0 Å². The van der Waals surface area contributed by atoms with Gasteiger partial charge in [0.25, 0.3) is 0 Å². The zero-order valence-corrected chi connectivity index (χ0v) is 13.0. The highest BCUT2D eigenvalue weighted by Gasteiger charge is 2.31. The molecule has 3 N–H and O–H groups in total. The largest absolute Gasteiger partial charge is 0.508 e. The van der Waals surface area contributed by atoms with Gasteiger partial charge in [-0.1, -0.05) is 0 Å².